The maximum absolute atomic E-state index is 10.9. The number of nitro groups is 2. The number of amidine groups is 1. The van der Waals surface area contributed by atoms with Crippen molar-refractivity contribution in [2.45, 2.75) is 0 Å². The lowest BCUT2D eigenvalue weighted by molar-refractivity contribution is -0.385. The second-order valence-electron chi connectivity index (χ2n) is 4.72. The van der Waals surface area contributed by atoms with Gasteiger partial charge in [0.2, 0.25) is 0 Å². The fraction of sp³-hybridized carbons (Fsp3) is 0.0714. The van der Waals surface area contributed by atoms with Crippen LogP contribution in [-0.2, 0) is 0 Å². The van der Waals surface area contributed by atoms with Crippen molar-refractivity contribution < 1.29 is 19.4 Å². The minimum atomic E-state index is -0.568. The molecule has 0 amide bonds. The molecule has 0 atom stereocenters. The summed E-state index contributed by atoms with van der Waals surface area (Å²) >= 11 is 0. The number of methoxy groups -OCH3 is 1. The molecule has 0 aliphatic carbocycles. The second kappa shape index (κ2) is 5.83. The molecule has 1 heterocycles. The molecule has 0 spiro atoms. The SMILES string of the molecule is COc1cc([N+](=O)[O-])cc2c1N=C(c1ccc([N+](=O)[O-])cc1)NO2. The molecule has 3 rings (SSSR count). The molecule has 2 aromatic rings. The van der Waals surface area contributed by atoms with Crippen molar-refractivity contribution in [3.05, 3.63) is 62.2 Å². The van der Waals surface area contributed by atoms with Gasteiger partial charge in [0.25, 0.3) is 11.4 Å². The van der Waals surface area contributed by atoms with E-state index in [4.69, 9.17) is 9.57 Å². The van der Waals surface area contributed by atoms with E-state index in [1.807, 2.05) is 0 Å². The van der Waals surface area contributed by atoms with Gasteiger partial charge in [-0.1, -0.05) is 0 Å². The Morgan fingerprint density at radius 3 is 2.33 bits per heavy atom. The number of hydrogen-bond acceptors (Lipinski definition) is 8. The van der Waals surface area contributed by atoms with Crippen LogP contribution >= 0.6 is 0 Å². The monoisotopic (exact) mass is 330 g/mol. The zero-order chi connectivity index (χ0) is 17.3. The minimum Gasteiger partial charge on any atom is -0.494 e. The van der Waals surface area contributed by atoms with Crippen LogP contribution in [0.25, 0.3) is 0 Å². The van der Waals surface area contributed by atoms with Crippen LogP contribution in [0.1, 0.15) is 5.56 Å². The first kappa shape index (κ1) is 15.2. The van der Waals surface area contributed by atoms with Crippen molar-refractivity contribution >= 4 is 22.9 Å². The molecule has 122 valence electrons. The van der Waals surface area contributed by atoms with Crippen LogP contribution in [0.15, 0.2) is 41.4 Å². The lowest BCUT2D eigenvalue weighted by Gasteiger charge is -2.19. The number of rotatable bonds is 4. The fourth-order valence-corrected chi connectivity index (χ4v) is 2.12. The maximum atomic E-state index is 10.9. The Morgan fingerprint density at radius 1 is 1.08 bits per heavy atom. The molecular weight excluding hydrogens is 320 g/mol. The maximum Gasteiger partial charge on any atom is 0.277 e. The molecular formula is C14H10N4O6. The highest BCUT2D eigenvalue weighted by molar-refractivity contribution is 6.01. The number of nitrogens with one attached hydrogen (secondary N) is 1. The number of fused-ring (bicyclic) bond motifs is 1. The summed E-state index contributed by atoms with van der Waals surface area (Å²) in [6.07, 6.45) is 0. The molecule has 10 heteroatoms. The van der Waals surface area contributed by atoms with Crippen molar-refractivity contribution in [1.29, 1.82) is 0 Å². The van der Waals surface area contributed by atoms with E-state index in [-0.39, 0.29) is 28.6 Å². The quantitative estimate of drug-likeness (QED) is 0.673. The van der Waals surface area contributed by atoms with Gasteiger partial charge in [-0.2, -0.15) is 0 Å². The van der Waals surface area contributed by atoms with E-state index >= 15 is 0 Å². The third-order valence-electron chi connectivity index (χ3n) is 3.29. The van der Waals surface area contributed by atoms with Gasteiger partial charge in [0.1, 0.15) is 0 Å². The Kier molecular flexibility index (Phi) is 3.70. The summed E-state index contributed by atoms with van der Waals surface area (Å²) in [5.41, 5.74) is 3.15. The van der Waals surface area contributed by atoms with Gasteiger partial charge in [-0.25, -0.2) is 10.5 Å². The zero-order valence-corrected chi connectivity index (χ0v) is 12.3. The van der Waals surface area contributed by atoms with Crippen molar-refractivity contribution in [3.63, 3.8) is 0 Å². The first-order valence-electron chi connectivity index (χ1n) is 6.62. The van der Waals surface area contributed by atoms with Gasteiger partial charge in [-0.15, -0.1) is 0 Å². The van der Waals surface area contributed by atoms with Crippen LogP contribution in [0.5, 0.6) is 11.5 Å². The van der Waals surface area contributed by atoms with Crippen LogP contribution in [0.2, 0.25) is 0 Å². The van der Waals surface area contributed by atoms with Crippen molar-refractivity contribution in [2.24, 2.45) is 4.99 Å². The predicted molar refractivity (Wildman–Crippen MR) is 82.7 cm³/mol. The molecule has 1 aliphatic rings. The molecule has 1 N–H and O–H groups in total. The first-order chi connectivity index (χ1) is 11.5. The number of hydroxylamine groups is 1. The van der Waals surface area contributed by atoms with Gasteiger partial charge in [0, 0.05) is 17.7 Å². The van der Waals surface area contributed by atoms with Gasteiger partial charge in [-0.3, -0.25) is 20.2 Å². The van der Waals surface area contributed by atoms with Crippen LogP contribution in [0.3, 0.4) is 0 Å². The summed E-state index contributed by atoms with van der Waals surface area (Å²) in [6, 6.07) is 8.15. The van der Waals surface area contributed by atoms with Gasteiger partial charge in [0.05, 0.1) is 29.1 Å². The first-order valence-corrected chi connectivity index (χ1v) is 6.62. The summed E-state index contributed by atoms with van der Waals surface area (Å²) in [5, 5.41) is 21.6. The number of nitrogens with zero attached hydrogens (tertiary/aromatic N) is 3. The number of non-ortho nitro benzene ring substituents is 2. The molecule has 0 unspecified atom stereocenters. The fourth-order valence-electron chi connectivity index (χ4n) is 2.12. The van der Waals surface area contributed by atoms with Crippen molar-refractivity contribution in [2.75, 3.05) is 7.11 Å². The van der Waals surface area contributed by atoms with E-state index < -0.39 is 9.85 Å². The number of nitro benzene ring substituents is 2. The lowest BCUT2D eigenvalue weighted by atomic mass is 10.1. The van der Waals surface area contributed by atoms with E-state index in [1.54, 1.807) is 0 Å². The third kappa shape index (κ3) is 2.67. The van der Waals surface area contributed by atoms with Crippen molar-refractivity contribution in [3.8, 4) is 11.5 Å². The molecule has 0 saturated carbocycles. The Bertz CT molecular complexity index is 862. The van der Waals surface area contributed by atoms with E-state index in [1.165, 1.54) is 43.5 Å². The van der Waals surface area contributed by atoms with E-state index in [2.05, 4.69) is 10.5 Å². The van der Waals surface area contributed by atoms with E-state index in [9.17, 15) is 20.2 Å². The lowest BCUT2D eigenvalue weighted by Crippen LogP contribution is -2.30. The second-order valence-corrected chi connectivity index (χ2v) is 4.72. The summed E-state index contributed by atoms with van der Waals surface area (Å²) in [4.78, 5) is 30.1. The summed E-state index contributed by atoms with van der Waals surface area (Å²) in [7, 11) is 1.36. The van der Waals surface area contributed by atoms with Crippen LogP contribution < -0.4 is 15.1 Å². The molecule has 10 nitrogen and oxygen atoms in total. The average molecular weight is 330 g/mol. The summed E-state index contributed by atoms with van der Waals surface area (Å²) in [5.74, 6) is 0.622. The molecule has 1 aliphatic heterocycles. The smallest absolute Gasteiger partial charge is 0.277 e. The normalized spacial score (nSPS) is 12.3. The standard InChI is InChI=1S/C14H10N4O6/c1-23-11-6-10(18(21)22)7-12-13(11)15-14(16-24-12)8-2-4-9(5-3-8)17(19)20/h2-7H,1H3,(H,15,16). The molecule has 0 bridgehead atoms. The van der Waals surface area contributed by atoms with Gasteiger partial charge < -0.3 is 9.57 Å². The minimum absolute atomic E-state index is 0.0512. The van der Waals surface area contributed by atoms with Crippen LogP contribution in [-0.4, -0.2) is 22.8 Å². The molecule has 24 heavy (non-hydrogen) atoms. The Hall–Kier alpha value is -3.69. The van der Waals surface area contributed by atoms with Gasteiger partial charge in [-0.05, 0) is 12.1 Å². The predicted octanol–water partition coefficient (Wildman–Crippen LogP) is 2.49. The topological polar surface area (TPSA) is 129 Å². The Labute approximate surface area is 134 Å². The zero-order valence-electron chi connectivity index (χ0n) is 12.3. The molecule has 0 fully saturated rings. The highest BCUT2D eigenvalue weighted by atomic mass is 16.7. The molecule has 0 radical (unpaired) electrons. The third-order valence-corrected chi connectivity index (χ3v) is 3.29. The Balaban J connectivity index is 2.03. The number of benzene rings is 2. The number of hydrogen-bond donors (Lipinski definition) is 1. The van der Waals surface area contributed by atoms with E-state index in [0.29, 0.717) is 11.4 Å². The van der Waals surface area contributed by atoms with Crippen molar-refractivity contribution in [1.82, 2.24) is 5.48 Å². The summed E-state index contributed by atoms with van der Waals surface area (Å²) < 4.78 is 5.13. The van der Waals surface area contributed by atoms with Crippen LogP contribution in [0, 0.1) is 20.2 Å². The highest BCUT2D eigenvalue weighted by Crippen LogP contribution is 2.42. The van der Waals surface area contributed by atoms with Crippen LogP contribution in [0.4, 0.5) is 17.1 Å². The average Bonchev–Trinajstić information content (AvgIpc) is 2.60. The van der Waals surface area contributed by atoms with Gasteiger partial charge in [0.15, 0.2) is 23.0 Å². The number of ether oxygens (including phenoxy) is 1. The number of aliphatic imine (C=N–C) groups is 1. The Morgan fingerprint density at radius 2 is 1.75 bits per heavy atom. The summed E-state index contributed by atoms with van der Waals surface area (Å²) in [6.45, 7) is 0. The van der Waals surface area contributed by atoms with E-state index in [0.717, 1.165) is 0 Å². The molecule has 0 aromatic heterocycles. The van der Waals surface area contributed by atoms with Gasteiger partial charge >= 0.3 is 0 Å². The highest BCUT2D eigenvalue weighted by Gasteiger charge is 2.23. The molecule has 0 saturated heterocycles. The largest absolute Gasteiger partial charge is 0.494 e. The molecule has 2 aromatic carbocycles.